The zero-order valence-corrected chi connectivity index (χ0v) is 23.2. The summed E-state index contributed by atoms with van der Waals surface area (Å²) in [7, 11) is -4.94. The van der Waals surface area contributed by atoms with Crippen molar-refractivity contribution in [1.82, 2.24) is 15.5 Å². The van der Waals surface area contributed by atoms with Crippen LogP contribution in [0.5, 0.6) is 0 Å². The second kappa shape index (κ2) is 12.8. The SMILES string of the molecule is O=C1NCC[C@H]1C[C@H](NC(=O)[C@H](CC1CCCCC1)N1CC(Cc2cccc(Cl)c2)OC1=O)C(O)S(=O)(=O)O. The molecule has 13 heteroatoms. The summed E-state index contributed by atoms with van der Waals surface area (Å²) in [6.45, 7) is 0.538. The molecule has 3 fully saturated rings. The number of aliphatic hydroxyl groups excluding tert-OH is 1. The molecule has 2 saturated heterocycles. The minimum atomic E-state index is -4.94. The number of carbonyl (C=O) groups excluding carboxylic acids is 3. The molecule has 4 N–H and O–H groups in total. The number of hydrogen-bond donors (Lipinski definition) is 4. The Kier molecular flexibility index (Phi) is 9.73. The Balaban J connectivity index is 1.53. The van der Waals surface area contributed by atoms with Crippen molar-refractivity contribution in [2.45, 2.75) is 81.4 Å². The van der Waals surface area contributed by atoms with Gasteiger partial charge in [-0.25, -0.2) is 4.79 Å². The van der Waals surface area contributed by atoms with Gasteiger partial charge in [0.15, 0.2) is 0 Å². The zero-order valence-electron chi connectivity index (χ0n) is 21.6. The van der Waals surface area contributed by atoms with Gasteiger partial charge in [-0.3, -0.25) is 19.0 Å². The number of cyclic esters (lactones) is 1. The molecule has 5 atom stereocenters. The fraction of sp³-hybridized carbons (Fsp3) is 0.654. The van der Waals surface area contributed by atoms with Crippen molar-refractivity contribution >= 4 is 39.6 Å². The lowest BCUT2D eigenvalue weighted by Gasteiger charge is -2.32. The third-order valence-electron chi connectivity index (χ3n) is 7.89. The summed E-state index contributed by atoms with van der Waals surface area (Å²) in [6.07, 6.45) is 4.74. The number of aliphatic hydroxyl groups is 1. The van der Waals surface area contributed by atoms with Crippen molar-refractivity contribution in [3.8, 4) is 0 Å². The first kappa shape index (κ1) is 29.6. The molecular weight excluding hydrogens is 550 g/mol. The summed E-state index contributed by atoms with van der Waals surface area (Å²) in [6, 6.07) is 4.78. The van der Waals surface area contributed by atoms with E-state index in [2.05, 4.69) is 10.6 Å². The normalized spacial score (nSPS) is 24.6. The number of nitrogens with one attached hydrogen (secondary N) is 2. The molecule has 0 radical (unpaired) electrons. The third-order valence-corrected chi connectivity index (χ3v) is 9.07. The first-order valence-corrected chi connectivity index (χ1v) is 15.3. The Morgan fingerprint density at radius 3 is 2.56 bits per heavy atom. The topological polar surface area (TPSA) is 162 Å². The highest BCUT2D eigenvalue weighted by molar-refractivity contribution is 7.86. The van der Waals surface area contributed by atoms with Gasteiger partial charge in [0.25, 0.3) is 10.1 Å². The van der Waals surface area contributed by atoms with E-state index in [1.807, 2.05) is 6.07 Å². The molecule has 1 saturated carbocycles. The van der Waals surface area contributed by atoms with Crippen LogP contribution in [0.1, 0.15) is 56.9 Å². The fourth-order valence-electron chi connectivity index (χ4n) is 5.85. The maximum absolute atomic E-state index is 13.7. The van der Waals surface area contributed by atoms with Crippen molar-refractivity contribution in [3.63, 3.8) is 0 Å². The van der Waals surface area contributed by atoms with Crippen molar-refractivity contribution in [2.75, 3.05) is 13.1 Å². The smallest absolute Gasteiger partial charge is 0.410 e. The second-order valence-corrected chi connectivity index (χ2v) is 12.7. The fourth-order valence-corrected chi connectivity index (χ4v) is 6.66. The summed E-state index contributed by atoms with van der Waals surface area (Å²) < 4.78 is 38.7. The molecular formula is C26H36ClN3O8S. The van der Waals surface area contributed by atoms with E-state index >= 15 is 0 Å². The molecule has 39 heavy (non-hydrogen) atoms. The van der Waals surface area contributed by atoms with Gasteiger partial charge in [0, 0.05) is 23.9 Å². The number of rotatable bonds is 11. The van der Waals surface area contributed by atoms with Crippen LogP contribution >= 0.6 is 11.6 Å². The number of ether oxygens (including phenoxy) is 1. The van der Waals surface area contributed by atoms with Gasteiger partial charge >= 0.3 is 6.09 Å². The van der Waals surface area contributed by atoms with Crippen LogP contribution in [0.2, 0.25) is 5.02 Å². The number of amides is 3. The largest absolute Gasteiger partial charge is 0.444 e. The molecule has 2 heterocycles. The second-order valence-electron chi connectivity index (χ2n) is 10.8. The minimum Gasteiger partial charge on any atom is -0.444 e. The predicted molar refractivity (Wildman–Crippen MR) is 142 cm³/mol. The quantitative estimate of drug-likeness (QED) is 0.287. The molecule has 1 aromatic rings. The highest BCUT2D eigenvalue weighted by atomic mass is 35.5. The van der Waals surface area contributed by atoms with E-state index in [-0.39, 0.29) is 24.8 Å². The summed E-state index contributed by atoms with van der Waals surface area (Å²) in [5.41, 5.74) is -1.45. The predicted octanol–water partition coefficient (Wildman–Crippen LogP) is 2.26. The van der Waals surface area contributed by atoms with E-state index in [0.717, 1.165) is 37.7 Å². The van der Waals surface area contributed by atoms with Crippen LogP contribution in [0, 0.1) is 11.8 Å². The molecule has 2 unspecified atom stereocenters. The summed E-state index contributed by atoms with van der Waals surface area (Å²) in [5.74, 6) is -1.43. The Morgan fingerprint density at radius 2 is 1.92 bits per heavy atom. The lowest BCUT2D eigenvalue weighted by Crippen LogP contribution is -2.55. The zero-order chi connectivity index (χ0) is 28.2. The van der Waals surface area contributed by atoms with Crippen LogP contribution in [-0.2, 0) is 30.9 Å². The maximum Gasteiger partial charge on any atom is 0.410 e. The lowest BCUT2D eigenvalue weighted by atomic mass is 9.84. The van der Waals surface area contributed by atoms with Gasteiger partial charge in [0.2, 0.25) is 17.3 Å². The van der Waals surface area contributed by atoms with Gasteiger partial charge < -0.3 is 20.5 Å². The number of hydrogen-bond acceptors (Lipinski definition) is 7. The molecule has 4 rings (SSSR count). The Bertz CT molecular complexity index is 1160. The van der Waals surface area contributed by atoms with Crippen LogP contribution < -0.4 is 10.6 Å². The molecule has 0 bridgehead atoms. The Hall–Kier alpha value is -2.41. The first-order valence-electron chi connectivity index (χ1n) is 13.5. The van der Waals surface area contributed by atoms with E-state index in [0.29, 0.717) is 30.8 Å². The first-order chi connectivity index (χ1) is 18.5. The highest BCUT2D eigenvalue weighted by Crippen LogP contribution is 2.31. The van der Waals surface area contributed by atoms with Crippen molar-refractivity contribution in [2.24, 2.45) is 11.8 Å². The average Bonchev–Trinajstić information content (AvgIpc) is 3.45. The summed E-state index contributed by atoms with van der Waals surface area (Å²) in [4.78, 5) is 40.2. The van der Waals surface area contributed by atoms with Crippen LogP contribution in [0.25, 0.3) is 0 Å². The molecule has 3 aliphatic rings. The molecule has 1 aliphatic carbocycles. The van der Waals surface area contributed by atoms with Crippen LogP contribution in [0.15, 0.2) is 24.3 Å². The molecule has 216 valence electrons. The van der Waals surface area contributed by atoms with E-state index in [4.69, 9.17) is 16.3 Å². The van der Waals surface area contributed by atoms with Gasteiger partial charge in [-0.2, -0.15) is 8.42 Å². The third kappa shape index (κ3) is 7.84. The summed E-state index contributed by atoms with van der Waals surface area (Å²) in [5, 5.41) is 16.1. The van der Waals surface area contributed by atoms with Gasteiger partial charge in [0.1, 0.15) is 12.1 Å². The molecule has 2 aliphatic heterocycles. The maximum atomic E-state index is 13.7. The van der Waals surface area contributed by atoms with Gasteiger partial charge in [-0.1, -0.05) is 55.8 Å². The number of benzene rings is 1. The van der Waals surface area contributed by atoms with E-state index in [9.17, 15) is 32.5 Å². The average molecular weight is 586 g/mol. The van der Waals surface area contributed by atoms with Crippen LogP contribution in [0.3, 0.4) is 0 Å². The van der Waals surface area contributed by atoms with Gasteiger partial charge in [-0.05, 0) is 42.9 Å². The van der Waals surface area contributed by atoms with Crippen LogP contribution in [-0.4, -0.2) is 77.6 Å². The Morgan fingerprint density at radius 1 is 1.18 bits per heavy atom. The minimum absolute atomic E-state index is 0.146. The van der Waals surface area contributed by atoms with E-state index < -0.39 is 51.7 Å². The molecule has 0 aromatic heterocycles. The Labute approximate surface area is 233 Å². The number of halogens is 1. The van der Waals surface area contributed by atoms with Crippen molar-refractivity contribution < 1.29 is 37.2 Å². The van der Waals surface area contributed by atoms with E-state index in [1.54, 1.807) is 18.2 Å². The number of carbonyl (C=O) groups is 3. The number of nitrogens with zero attached hydrogens (tertiary/aromatic N) is 1. The highest BCUT2D eigenvalue weighted by Gasteiger charge is 2.43. The van der Waals surface area contributed by atoms with Gasteiger partial charge in [0.05, 0.1) is 12.6 Å². The molecule has 1 aromatic carbocycles. The molecule has 11 nitrogen and oxygen atoms in total. The van der Waals surface area contributed by atoms with Gasteiger partial charge in [-0.15, -0.1) is 0 Å². The summed E-state index contributed by atoms with van der Waals surface area (Å²) >= 11 is 6.09. The monoisotopic (exact) mass is 585 g/mol. The molecule has 0 spiro atoms. The van der Waals surface area contributed by atoms with Crippen molar-refractivity contribution in [3.05, 3.63) is 34.9 Å². The van der Waals surface area contributed by atoms with Crippen molar-refractivity contribution in [1.29, 1.82) is 0 Å². The van der Waals surface area contributed by atoms with Crippen LogP contribution in [0.4, 0.5) is 4.79 Å². The molecule has 3 amide bonds. The standard InChI is InChI=1S/C26H36ClN3O8S/c27-19-8-4-7-17(11-19)12-20-15-30(26(34)38-20)22(13-16-5-2-1-3-6-16)24(32)29-21(25(33)39(35,36)37)14-18-9-10-28-23(18)31/h4,7-8,11,16,18,20-22,25,33H,1-3,5-6,9-10,12-15H2,(H,28,31)(H,29,32)(H,35,36,37)/t18-,20?,21-,22-,25?/m0/s1. The lowest BCUT2D eigenvalue weighted by molar-refractivity contribution is -0.128. The van der Waals surface area contributed by atoms with E-state index in [1.165, 1.54) is 4.90 Å².